The Kier molecular flexibility index (Phi) is 3.27. The number of hydrogen-bond acceptors (Lipinski definition) is 3. The van der Waals surface area contributed by atoms with Crippen LogP contribution in [0.15, 0.2) is 6.08 Å². The molecule has 0 aliphatic carbocycles. The molecule has 0 atom stereocenters. The van der Waals surface area contributed by atoms with Crippen LogP contribution in [0.4, 0.5) is 4.79 Å². The Morgan fingerprint density at radius 2 is 2.50 bits per heavy atom. The first-order chi connectivity index (χ1) is 3.77. The Labute approximate surface area is 45.9 Å². The molecule has 2 N–H and O–H groups in total. The predicted molar refractivity (Wildman–Crippen MR) is 25.8 cm³/mol. The molecule has 0 aromatic carbocycles. The molecule has 0 saturated carbocycles. The van der Waals surface area contributed by atoms with E-state index in [1.807, 2.05) is 0 Å². The summed E-state index contributed by atoms with van der Waals surface area (Å²) in [6.45, 7) is -0.0984. The quantitative estimate of drug-likeness (QED) is 0.494. The minimum absolute atomic E-state index is 0.0984. The van der Waals surface area contributed by atoms with Gasteiger partial charge in [0, 0.05) is 6.08 Å². The van der Waals surface area contributed by atoms with Crippen molar-refractivity contribution in [1.82, 2.24) is 0 Å². The highest BCUT2D eigenvalue weighted by atomic mass is 16.5. The highest BCUT2D eigenvalue weighted by molar-refractivity contribution is 5.64. The second-order valence-corrected chi connectivity index (χ2v) is 0.952. The Balaban J connectivity index is 3.18. The molecule has 0 saturated heterocycles. The van der Waals surface area contributed by atoms with Gasteiger partial charge in [0.25, 0.3) is 0 Å². The molecule has 4 heteroatoms. The van der Waals surface area contributed by atoms with E-state index >= 15 is 0 Å². The predicted octanol–water partition coefficient (Wildman–Crippen LogP) is -0.530. The second kappa shape index (κ2) is 3.89. The molecule has 0 aliphatic heterocycles. The Morgan fingerprint density at radius 1 is 1.88 bits per heavy atom. The molecule has 44 valence electrons. The molecule has 0 rings (SSSR count). The lowest BCUT2D eigenvalue weighted by molar-refractivity contribution is 0.169. The minimum Gasteiger partial charge on any atom is -0.445 e. The normalized spacial score (nSPS) is 7.00. The third-order valence-electron chi connectivity index (χ3n) is 0.392. The molecule has 8 heavy (non-hydrogen) atoms. The van der Waals surface area contributed by atoms with Gasteiger partial charge in [0.15, 0.2) is 0 Å². The number of hydrogen-bond donors (Lipinski definition) is 1. The summed E-state index contributed by atoms with van der Waals surface area (Å²) in [6.07, 6.45) is 0.126. The van der Waals surface area contributed by atoms with Crippen LogP contribution in [0.25, 0.3) is 0 Å². The fourth-order valence-corrected chi connectivity index (χ4v) is 0.158. The van der Waals surface area contributed by atoms with Gasteiger partial charge >= 0.3 is 6.09 Å². The monoisotopic (exact) mass is 117 g/mol. The first-order valence-electron chi connectivity index (χ1n) is 1.89. The summed E-state index contributed by atoms with van der Waals surface area (Å²) < 4.78 is 4.10. The van der Waals surface area contributed by atoms with Crippen molar-refractivity contribution in [2.75, 3.05) is 6.61 Å². The van der Waals surface area contributed by atoms with Gasteiger partial charge in [-0.15, -0.1) is 0 Å². The van der Waals surface area contributed by atoms with Crippen molar-refractivity contribution >= 4 is 12.0 Å². The first kappa shape index (κ1) is 6.72. The van der Waals surface area contributed by atoms with Crippen LogP contribution in [0.3, 0.4) is 0 Å². The van der Waals surface area contributed by atoms with Gasteiger partial charge in [-0.2, -0.15) is 0 Å². The van der Waals surface area contributed by atoms with E-state index in [4.69, 9.17) is 0 Å². The standard InChI is InChI=1S/C4H5NO3/c5-4(7)8-3-1-2-6/h1H,3H2,(H2,5,7)/i2+2. The summed E-state index contributed by atoms with van der Waals surface area (Å²) in [5, 5.41) is 0. The van der Waals surface area contributed by atoms with Crippen molar-refractivity contribution in [3.63, 3.8) is 0 Å². The summed E-state index contributed by atoms with van der Waals surface area (Å²) in [4.78, 5) is 19.1. The molecular weight excluding hydrogens is 112 g/mol. The van der Waals surface area contributed by atoms with E-state index in [2.05, 4.69) is 10.5 Å². The highest BCUT2D eigenvalue weighted by Gasteiger charge is 1.85. The number of ether oxygens (including phenoxy) is 1. The van der Waals surface area contributed by atoms with Crippen LogP contribution >= 0.6 is 0 Å². The zero-order valence-electron chi connectivity index (χ0n) is 4.09. The molecule has 0 aromatic heterocycles. The van der Waals surface area contributed by atoms with Gasteiger partial charge in [0.05, 0.1) is 0 Å². The van der Waals surface area contributed by atoms with Crippen molar-refractivity contribution in [2.24, 2.45) is 5.73 Å². The first-order valence-corrected chi connectivity index (χ1v) is 1.89. The van der Waals surface area contributed by atoms with Crippen molar-refractivity contribution < 1.29 is 14.3 Å². The highest BCUT2D eigenvalue weighted by Crippen LogP contribution is 1.70. The summed E-state index contributed by atoms with van der Waals surface area (Å²) in [7, 11) is 0. The summed E-state index contributed by atoms with van der Waals surface area (Å²) in [5.74, 6) is 1.42. The van der Waals surface area contributed by atoms with E-state index in [0.29, 0.717) is 0 Å². The van der Waals surface area contributed by atoms with Gasteiger partial charge in [-0.3, -0.25) is 0 Å². The SMILES string of the molecule is NC(=O)OCC=[14C]=O. The molecule has 0 fully saturated rings. The van der Waals surface area contributed by atoms with Crippen LogP contribution in [0.2, 0.25) is 0 Å². The molecule has 0 aliphatic rings. The Bertz CT molecular complexity index is 123. The van der Waals surface area contributed by atoms with Crippen molar-refractivity contribution in [3.05, 3.63) is 6.08 Å². The van der Waals surface area contributed by atoms with E-state index in [9.17, 15) is 9.59 Å². The molecule has 0 radical (unpaired) electrons. The summed E-state index contributed by atoms with van der Waals surface area (Å²) in [5.41, 5.74) is 4.52. The van der Waals surface area contributed by atoms with E-state index in [0.717, 1.165) is 6.08 Å². The van der Waals surface area contributed by atoms with Crippen molar-refractivity contribution in [3.8, 4) is 0 Å². The Morgan fingerprint density at radius 3 is 2.88 bits per heavy atom. The zero-order chi connectivity index (χ0) is 6.41. The fraction of sp³-hybridized carbons (Fsp3) is 0.250. The van der Waals surface area contributed by atoms with Gasteiger partial charge < -0.3 is 10.5 Å². The van der Waals surface area contributed by atoms with Gasteiger partial charge in [-0.05, 0) is 0 Å². The summed E-state index contributed by atoms with van der Waals surface area (Å²) >= 11 is 0. The van der Waals surface area contributed by atoms with Crippen LogP contribution in [0.1, 0.15) is 0 Å². The van der Waals surface area contributed by atoms with Crippen LogP contribution in [0.5, 0.6) is 0 Å². The number of nitrogens with two attached hydrogens (primary N) is 1. The van der Waals surface area contributed by atoms with Crippen LogP contribution < -0.4 is 5.73 Å². The lowest BCUT2D eigenvalue weighted by atomic mass is 10.8. The number of primary amides is 1. The second-order valence-electron chi connectivity index (χ2n) is 0.952. The summed E-state index contributed by atoms with van der Waals surface area (Å²) in [6, 6.07) is 0. The van der Waals surface area contributed by atoms with E-state index in [1.54, 1.807) is 0 Å². The maximum absolute atomic E-state index is 9.72. The third-order valence-corrected chi connectivity index (χ3v) is 0.392. The van der Waals surface area contributed by atoms with Crippen LogP contribution in [0, 0.1) is 0 Å². The molecule has 0 spiro atoms. The zero-order valence-corrected chi connectivity index (χ0v) is 4.09. The Hall–Kier alpha value is -1.28. The largest absolute Gasteiger partial charge is 0.445 e. The van der Waals surface area contributed by atoms with E-state index < -0.39 is 6.09 Å². The molecule has 0 unspecified atom stereocenters. The number of carbonyl (C=O) groups excluding carboxylic acids is 2. The topological polar surface area (TPSA) is 69.4 Å². The molecule has 0 bridgehead atoms. The number of carbonyl (C=O) groups is 1. The van der Waals surface area contributed by atoms with Crippen molar-refractivity contribution in [2.45, 2.75) is 0 Å². The van der Waals surface area contributed by atoms with Gasteiger partial charge in [-0.1, -0.05) is 0 Å². The van der Waals surface area contributed by atoms with Crippen molar-refractivity contribution in [1.29, 1.82) is 0 Å². The lowest BCUT2D eigenvalue weighted by Crippen LogP contribution is -2.12. The maximum Gasteiger partial charge on any atom is 0.404 e. The molecule has 1 amide bonds. The molecular formula is C4H5NO3. The van der Waals surface area contributed by atoms with Crippen LogP contribution in [-0.4, -0.2) is 18.6 Å². The minimum atomic E-state index is -0.892. The van der Waals surface area contributed by atoms with Gasteiger partial charge in [0.2, 0.25) is 0 Å². The molecule has 4 nitrogen and oxygen atoms in total. The third kappa shape index (κ3) is 4.72. The lowest BCUT2D eigenvalue weighted by Gasteiger charge is -1.89. The fourth-order valence-electron chi connectivity index (χ4n) is 0.158. The molecule has 0 aromatic rings. The molecule has 0 heterocycles. The number of rotatable bonds is 2. The maximum atomic E-state index is 9.72. The smallest absolute Gasteiger partial charge is 0.404 e. The van der Waals surface area contributed by atoms with E-state index in [1.165, 1.54) is 5.94 Å². The van der Waals surface area contributed by atoms with Gasteiger partial charge in [0.1, 0.15) is 12.5 Å². The number of amides is 1. The van der Waals surface area contributed by atoms with Crippen LogP contribution in [-0.2, 0) is 9.53 Å². The van der Waals surface area contributed by atoms with Gasteiger partial charge in [-0.25, -0.2) is 9.59 Å². The average molecular weight is 117 g/mol. The van der Waals surface area contributed by atoms with E-state index in [-0.39, 0.29) is 6.61 Å². The average Bonchev–Trinajstić information content (AvgIpc) is 1.66.